The average molecular weight is 416 g/mol. The van der Waals surface area contributed by atoms with E-state index in [4.69, 9.17) is 4.98 Å². The van der Waals surface area contributed by atoms with Gasteiger partial charge in [0.25, 0.3) is 0 Å². The molecule has 0 unspecified atom stereocenters. The highest BCUT2D eigenvalue weighted by molar-refractivity contribution is 7.08. The molecule has 4 nitrogen and oxygen atoms in total. The van der Waals surface area contributed by atoms with Gasteiger partial charge in [0.15, 0.2) is 5.65 Å². The van der Waals surface area contributed by atoms with Gasteiger partial charge in [0.2, 0.25) is 0 Å². The first-order valence-electron chi connectivity index (χ1n) is 9.05. The van der Waals surface area contributed by atoms with Gasteiger partial charge in [-0.2, -0.15) is 29.6 Å². The number of aryl methyl sites for hydroxylation is 2. The van der Waals surface area contributed by atoms with E-state index >= 15 is 0 Å². The minimum atomic E-state index is -4.32. The summed E-state index contributed by atoms with van der Waals surface area (Å²) in [6, 6.07) is 9.35. The lowest BCUT2D eigenvalue weighted by molar-refractivity contribution is -0.137. The number of hydrogen-bond donors (Lipinski definition) is 1. The molecule has 0 saturated carbocycles. The highest BCUT2D eigenvalue weighted by Crippen LogP contribution is 2.30. The van der Waals surface area contributed by atoms with Crippen LogP contribution in [0.25, 0.3) is 22.3 Å². The van der Waals surface area contributed by atoms with Crippen LogP contribution in [0.2, 0.25) is 0 Å². The monoisotopic (exact) mass is 416 g/mol. The van der Waals surface area contributed by atoms with Gasteiger partial charge < -0.3 is 5.32 Å². The van der Waals surface area contributed by atoms with Gasteiger partial charge in [0, 0.05) is 36.5 Å². The van der Waals surface area contributed by atoms with Crippen LogP contribution >= 0.6 is 11.3 Å². The van der Waals surface area contributed by atoms with Crippen molar-refractivity contribution in [2.75, 3.05) is 0 Å². The summed E-state index contributed by atoms with van der Waals surface area (Å²) in [4.78, 5) is 4.84. The summed E-state index contributed by atoms with van der Waals surface area (Å²) < 4.78 is 39.9. The fourth-order valence-corrected chi connectivity index (χ4v) is 3.96. The maximum Gasteiger partial charge on any atom is 0.416 e. The molecule has 29 heavy (non-hydrogen) atoms. The van der Waals surface area contributed by atoms with E-state index in [0.717, 1.165) is 51.2 Å². The summed E-state index contributed by atoms with van der Waals surface area (Å²) in [5, 5.41) is 12.8. The number of nitrogens with one attached hydrogen (secondary N) is 1. The third-order valence-corrected chi connectivity index (χ3v) is 5.48. The molecule has 0 bridgehead atoms. The molecule has 4 rings (SSSR count). The molecule has 0 spiro atoms. The first-order chi connectivity index (χ1) is 13.8. The van der Waals surface area contributed by atoms with Gasteiger partial charge >= 0.3 is 6.18 Å². The van der Waals surface area contributed by atoms with Crippen molar-refractivity contribution in [3.05, 3.63) is 69.5 Å². The average Bonchev–Trinajstić information content (AvgIpc) is 3.30. The van der Waals surface area contributed by atoms with E-state index in [-0.39, 0.29) is 0 Å². The molecule has 0 fully saturated rings. The Balaban J connectivity index is 1.57. The fourth-order valence-electron chi connectivity index (χ4n) is 3.32. The summed E-state index contributed by atoms with van der Waals surface area (Å²) in [5.74, 6) is 0. The smallest absolute Gasteiger partial charge is 0.309 e. The molecular weight excluding hydrogens is 397 g/mol. The summed E-state index contributed by atoms with van der Waals surface area (Å²) >= 11 is 1.61. The van der Waals surface area contributed by atoms with E-state index in [9.17, 15) is 13.2 Å². The third-order valence-electron chi connectivity index (χ3n) is 4.80. The molecule has 0 radical (unpaired) electrons. The van der Waals surface area contributed by atoms with Crippen molar-refractivity contribution in [3.63, 3.8) is 0 Å². The number of halogens is 3. The highest BCUT2D eigenvalue weighted by atomic mass is 32.1. The van der Waals surface area contributed by atoms with Gasteiger partial charge in [0.1, 0.15) is 0 Å². The van der Waals surface area contributed by atoms with E-state index in [1.54, 1.807) is 16.0 Å². The first-order valence-corrected chi connectivity index (χ1v) is 10.00. The van der Waals surface area contributed by atoms with Gasteiger partial charge in [-0.15, -0.1) is 0 Å². The normalized spacial score (nSPS) is 12.0. The fraction of sp³-hybridized carbons (Fsp3) is 0.238. The zero-order chi connectivity index (χ0) is 20.6. The topological polar surface area (TPSA) is 42.7 Å². The summed E-state index contributed by atoms with van der Waals surface area (Å²) in [7, 11) is 1.88. The third kappa shape index (κ3) is 4.04. The summed E-state index contributed by atoms with van der Waals surface area (Å²) in [6.45, 7) is 2.96. The molecule has 0 aliphatic rings. The zero-order valence-electron chi connectivity index (χ0n) is 15.9. The highest BCUT2D eigenvalue weighted by Gasteiger charge is 2.29. The van der Waals surface area contributed by atoms with Crippen LogP contribution in [0.1, 0.15) is 22.4 Å². The lowest BCUT2D eigenvalue weighted by Gasteiger charge is -2.11. The number of aromatic nitrogens is 3. The number of benzene rings is 1. The second-order valence-electron chi connectivity index (χ2n) is 6.89. The molecule has 0 saturated heterocycles. The Morgan fingerprint density at radius 3 is 2.52 bits per heavy atom. The van der Waals surface area contributed by atoms with E-state index in [0.29, 0.717) is 13.1 Å². The second kappa shape index (κ2) is 7.61. The largest absolute Gasteiger partial charge is 0.416 e. The number of hydrogen-bond acceptors (Lipinski definition) is 4. The molecule has 1 aromatic carbocycles. The Hall–Kier alpha value is -2.71. The Morgan fingerprint density at radius 2 is 1.86 bits per heavy atom. The second-order valence-corrected chi connectivity index (χ2v) is 7.67. The molecule has 3 aromatic heterocycles. The number of thiophene rings is 1. The van der Waals surface area contributed by atoms with Crippen molar-refractivity contribution in [1.82, 2.24) is 20.1 Å². The van der Waals surface area contributed by atoms with Crippen molar-refractivity contribution in [3.8, 4) is 11.3 Å². The molecule has 0 amide bonds. The molecule has 150 valence electrons. The van der Waals surface area contributed by atoms with Crippen LogP contribution in [0.3, 0.4) is 0 Å². The van der Waals surface area contributed by atoms with Crippen molar-refractivity contribution in [2.24, 2.45) is 7.05 Å². The van der Waals surface area contributed by atoms with Gasteiger partial charge in [-0.05, 0) is 47.7 Å². The predicted octanol–water partition coefficient (Wildman–Crippen LogP) is 5.31. The molecule has 4 aromatic rings. The van der Waals surface area contributed by atoms with Crippen LogP contribution in [0.15, 0.2) is 47.2 Å². The van der Waals surface area contributed by atoms with Crippen LogP contribution < -0.4 is 5.32 Å². The molecule has 3 heterocycles. The summed E-state index contributed by atoms with van der Waals surface area (Å²) in [6.07, 6.45) is -4.32. The van der Waals surface area contributed by atoms with E-state index in [2.05, 4.69) is 21.9 Å². The standard InChI is InChI=1S/C21H19F3N4S/c1-13-18-9-16(11-25-10-14-3-5-17(6-4-14)21(22,23)24)19(15-7-8-29-12-15)26-20(18)28(2)27-13/h3-9,12,25H,10-11H2,1-2H3. The first kappa shape index (κ1) is 19.6. The number of alkyl halides is 3. The van der Waals surface area contributed by atoms with Gasteiger partial charge in [-0.3, -0.25) is 4.68 Å². The van der Waals surface area contributed by atoms with Gasteiger partial charge in [-0.25, -0.2) is 4.98 Å². The Kier molecular flexibility index (Phi) is 5.14. The van der Waals surface area contributed by atoms with Gasteiger partial charge in [0.05, 0.1) is 17.0 Å². The predicted molar refractivity (Wildman–Crippen MR) is 109 cm³/mol. The van der Waals surface area contributed by atoms with Crippen LogP contribution in [-0.4, -0.2) is 14.8 Å². The number of pyridine rings is 1. The Bertz CT molecular complexity index is 1130. The number of rotatable bonds is 5. The minimum Gasteiger partial charge on any atom is -0.309 e. The molecule has 0 atom stereocenters. The Morgan fingerprint density at radius 1 is 1.10 bits per heavy atom. The SMILES string of the molecule is Cc1nn(C)c2nc(-c3ccsc3)c(CNCc3ccc(C(F)(F)F)cc3)cc12. The van der Waals surface area contributed by atoms with Crippen LogP contribution in [-0.2, 0) is 26.3 Å². The zero-order valence-corrected chi connectivity index (χ0v) is 16.7. The van der Waals surface area contributed by atoms with Crippen LogP contribution in [0.5, 0.6) is 0 Å². The molecule has 0 aliphatic heterocycles. The van der Waals surface area contributed by atoms with E-state index in [1.807, 2.05) is 25.4 Å². The van der Waals surface area contributed by atoms with E-state index in [1.165, 1.54) is 12.1 Å². The maximum absolute atomic E-state index is 12.7. The molecule has 8 heteroatoms. The Labute approximate surface area is 170 Å². The van der Waals surface area contributed by atoms with Gasteiger partial charge in [-0.1, -0.05) is 12.1 Å². The number of fused-ring (bicyclic) bond motifs is 1. The molecular formula is C21H19F3N4S. The number of nitrogens with zero attached hydrogens (tertiary/aromatic N) is 3. The minimum absolute atomic E-state index is 0.464. The maximum atomic E-state index is 12.7. The summed E-state index contributed by atoms with van der Waals surface area (Å²) in [5.41, 5.74) is 4.86. The van der Waals surface area contributed by atoms with Crippen LogP contribution in [0, 0.1) is 6.92 Å². The van der Waals surface area contributed by atoms with E-state index < -0.39 is 11.7 Å². The quantitative estimate of drug-likeness (QED) is 0.479. The van der Waals surface area contributed by atoms with Crippen molar-refractivity contribution < 1.29 is 13.2 Å². The van der Waals surface area contributed by atoms with Crippen molar-refractivity contribution in [2.45, 2.75) is 26.2 Å². The van der Waals surface area contributed by atoms with Crippen molar-refractivity contribution >= 4 is 22.4 Å². The van der Waals surface area contributed by atoms with Crippen LogP contribution in [0.4, 0.5) is 13.2 Å². The molecule has 1 N–H and O–H groups in total. The lowest BCUT2D eigenvalue weighted by atomic mass is 10.1. The lowest BCUT2D eigenvalue weighted by Crippen LogP contribution is -2.14. The van der Waals surface area contributed by atoms with Crippen molar-refractivity contribution in [1.29, 1.82) is 0 Å². The molecule has 0 aliphatic carbocycles.